The van der Waals surface area contributed by atoms with Crippen molar-refractivity contribution in [1.82, 2.24) is 19.3 Å². The first kappa shape index (κ1) is 21.4. The number of aromatic nitrogens is 2. The maximum atomic E-state index is 13.4. The Bertz CT molecular complexity index is 939. The fraction of sp³-hybridized carbons (Fsp3) is 0.526. The van der Waals surface area contributed by atoms with Gasteiger partial charge in [0.15, 0.2) is 5.82 Å². The summed E-state index contributed by atoms with van der Waals surface area (Å²) in [4.78, 5) is 18.3. The van der Waals surface area contributed by atoms with Crippen LogP contribution in [0.4, 0.5) is 4.39 Å². The molecule has 29 heavy (non-hydrogen) atoms. The standard InChI is InChI=1S/C19H25FN4O4S/c1-2-5-17-21-18(28-22-17)8-4-9-19(25)23-10-12-24(13-11-23)29(26,27)16-7-3-6-15(20)14-16/h3,6-7,14H,2,4-5,8-13H2,1H3. The number of carbonyl (C=O) groups is 1. The number of hydrogen-bond acceptors (Lipinski definition) is 6. The minimum absolute atomic E-state index is 0.0268. The van der Waals surface area contributed by atoms with Gasteiger partial charge in [-0.3, -0.25) is 4.79 Å². The zero-order chi connectivity index (χ0) is 20.9. The molecule has 2 heterocycles. The Balaban J connectivity index is 1.46. The molecular weight excluding hydrogens is 399 g/mol. The number of hydrogen-bond donors (Lipinski definition) is 0. The van der Waals surface area contributed by atoms with E-state index in [0.717, 1.165) is 18.9 Å². The number of sulfonamides is 1. The minimum Gasteiger partial charge on any atom is -0.340 e. The molecular formula is C19H25FN4O4S. The number of piperazine rings is 1. The first-order valence-corrected chi connectivity index (χ1v) is 11.2. The summed E-state index contributed by atoms with van der Waals surface area (Å²) in [5, 5.41) is 3.89. The molecule has 1 aromatic heterocycles. The van der Waals surface area contributed by atoms with Gasteiger partial charge >= 0.3 is 0 Å². The van der Waals surface area contributed by atoms with Gasteiger partial charge in [-0.15, -0.1) is 0 Å². The molecule has 1 saturated heterocycles. The summed E-state index contributed by atoms with van der Waals surface area (Å²) in [5.41, 5.74) is 0. The van der Waals surface area contributed by atoms with Crippen LogP contribution in [0.2, 0.25) is 0 Å². The van der Waals surface area contributed by atoms with Gasteiger partial charge in [0.1, 0.15) is 5.82 Å². The topological polar surface area (TPSA) is 96.6 Å². The summed E-state index contributed by atoms with van der Waals surface area (Å²) in [6.45, 7) is 3.05. The van der Waals surface area contributed by atoms with Crippen LogP contribution in [-0.4, -0.2) is 59.8 Å². The number of nitrogens with zero attached hydrogens (tertiary/aromatic N) is 4. The van der Waals surface area contributed by atoms with Gasteiger partial charge < -0.3 is 9.42 Å². The van der Waals surface area contributed by atoms with E-state index >= 15 is 0 Å². The Kier molecular flexibility index (Phi) is 6.96. The van der Waals surface area contributed by atoms with Gasteiger partial charge in [-0.05, 0) is 31.0 Å². The highest BCUT2D eigenvalue weighted by Gasteiger charge is 2.30. The maximum absolute atomic E-state index is 13.4. The van der Waals surface area contributed by atoms with Crippen LogP contribution in [0.15, 0.2) is 33.7 Å². The molecule has 1 fully saturated rings. The SMILES string of the molecule is CCCc1noc(CCCC(=O)N2CCN(S(=O)(=O)c3cccc(F)c3)CC2)n1. The van der Waals surface area contributed by atoms with Crippen molar-refractivity contribution in [2.24, 2.45) is 0 Å². The average molecular weight is 424 g/mol. The molecule has 158 valence electrons. The summed E-state index contributed by atoms with van der Waals surface area (Å²) in [6, 6.07) is 4.96. The Morgan fingerprint density at radius 2 is 1.97 bits per heavy atom. The predicted molar refractivity (Wildman–Crippen MR) is 103 cm³/mol. The van der Waals surface area contributed by atoms with Crippen LogP contribution >= 0.6 is 0 Å². The molecule has 3 rings (SSSR count). The Hall–Kier alpha value is -2.33. The molecule has 0 unspecified atom stereocenters. The zero-order valence-electron chi connectivity index (χ0n) is 16.4. The molecule has 0 bridgehead atoms. The van der Waals surface area contributed by atoms with Gasteiger partial charge in [0.25, 0.3) is 0 Å². The Labute approximate surface area is 169 Å². The molecule has 0 aliphatic carbocycles. The first-order chi connectivity index (χ1) is 13.9. The van der Waals surface area contributed by atoms with Gasteiger partial charge in [-0.2, -0.15) is 9.29 Å². The van der Waals surface area contributed by atoms with Gasteiger partial charge in [-0.25, -0.2) is 12.8 Å². The van der Waals surface area contributed by atoms with Crippen LogP contribution < -0.4 is 0 Å². The summed E-state index contributed by atoms with van der Waals surface area (Å²) < 4.78 is 45.1. The first-order valence-electron chi connectivity index (χ1n) is 9.75. The normalized spacial score (nSPS) is 15.6. The lowest BCUT2D eigenvalue weighted by Gasteiger charge is -2.34. The summed E-state index contributed by atoms with van der Waals surface area (Å²) >= 11 is 0. The fourth-order valence-electron chi connectivity index (χ4n) is 3.22. The van der Waals surface area contributed by atoms with Crippen molar-refractivity contribution in [2.45, 2.75) is 43.9 Å². The molecule has 1 aliphatic heterocycles. The van der Waals surface area contributed by atoms with E-state index in [0.29, 0.717) is 44.1 Å². The smallest absolute Gasteiger partial charge is 0.243 e. The highest BCUT2D eigenvalue weighted by Crippen LogP contribution is 2.19. The van der Waals surface area contributed by atoms with Crippen LogP contribution in [0.25, 0.3) is 0 Å². The lowest BCUT2D eigenvalue weighted by molar-refractivity contribution is -0.132. The Morgan fingerprint density at radius 3 is 2.66 bits per heavy atom. The fourth-order valence-corrected chi connectivity index (χ4v) is 4.67. The van der Waals surface area contributed by atoms with E-state index in [4.69, 9.17) is 4.52 Å². The molecule has 0 spiro atoms. The van der Waals surface area contributed by atoms with Crippen molar-refractivity contribution in [3.8, 4) is 0 Å². The van der Waals surface area contributed by atoms with Crippen molar-refractivity contribution in [3.05, 3.63) is 41.8 Å². The van der Waals surface area contributed by atoms with Gasteiger partial charge in [-0.1, -0.05) is 18.1 Å². The second-order valence-electron chi connectivity index (χ2n) is 6.95. The maximum Gasteiger partial charge on any atom is 0.243 e. The van der Waals surface area contributed by atoms with E-state index in [1.165, 1.54) is 22.5 Å². The van der Waals surface area contributed by atoms with Crippen LogP contribution in [0, 0.1) is 5.82 Å². The third kappa shape index (κ3) is 5.39. The van der Waals surface area contributed by atoms with E-state index in [1.54, 1.807) is 4.90 Å². The van der Waals surface area contributed by atoms with Gasteiger partial charge in [0, 0.05) is 45.4 Å². The van der Waals surface area contributed by atoms with Crippen molar-refractivity contribution in [1.29, 1.82) is 0 Å². The number of amides is 1. The third-order valence-corrected chi connectivity index (χ3v) is 6.68. The third-order valence-electron chi connectivity index (χ3n) is 4.79. The predicted octanol–water partition coefficient (Wildman–Crippen LogP) is 2.02. The van der Waals surface area contributed by atoms with E-state index in [1.807, 2.05) is 6.92 Å². The molecule has 8 nitrogen and oxygen atoms in total. The number of halogens is 1. The number of rotatable bonds is 8. The van der Waals surface area contributed by atoms with Gasteiger partial charge in [0.2, 0.25) is 21.8 Å². The van der Waals surface area contributed by atoms with Crippen molar-refractivity contribution in [3.63, 3.8) is 0 Å². The van der Waals surface area contributed by atoms with E-state index in [2.05, 4.69) is 10.1 Å². The quantitative estimate of drug-likeness (QED) is 0.643. The zero-order valence-corrected chi connectivity index (χ0v) is 17.2. The van der Waals surface area contributed by atoms with E-state index in [9.17, 15) is 17.6 Å². The molecule has 1 aliphatic rings. The molecule has 0 radical (unpaired) electrons. The second kappa shape index (κ2) is 9.45. The highest BCUT2D eigenvalue weighted by atomic mass is 32.2. The van der Waals surface area contributed by atoms with Crippen molar-refractivity contribution >= 4 is 15.9 Å². The number of benzene rings is 1. The molecule has 0 saturated carbocycles. The lowest BCUT2D eigenvalue weighted by Crippen LogP contribution is -2.50. The molecule has 2 aromatic rings. The Morgan fingerprint density at radius 1 is 1.21 bits per heavy atom. The van der Waals surface area contributed by atoms with Crippen LogP contribution in [0.5, 0.6) is 0 Å². The monoisotopic (exact) mass is 424 g/mol. The summed E-state index contributed by atoms with van der Waals surface area (Å²) in [6.07, 6.45) is 3.18. The van der Waals surface area contributed by atoms with E-state index < -0.39 is 15.8 Å². The van der Waals surface area contributed by atoms with Crippen molar-refractivity contribution < 1.29 is 22.1 Å². The minimum atomic E-state index is -3.76. The molecule has 0 N–H and O–H groups in total. The number of aryl methyl sites for hydroxylation is 2. The van der Waals surface area contributed by atoms with Gasteiger partial charge in [0.05, 0.1) is 4.90 Å². The lowest BCUT2D eigenvalue weighted by atomic mass is 10.2. The largest absolute Gasteiger partial charge is 0.340 e. The molecule has 10 heteroatoms. The molecule has 1 aromatic carbocycles. The number of carbonyl (C=O) groups excluding carboxylic acids is 1. The average Bonchev–Trinajstić information content (AvgIpc) is 3.15. The second-order valence-corrected chi connectivity index (χ2v) is 8.89. The highest BCUT2D eigenvalue weighted by molar-refractivity contribution is 7.89. The van der Waals surface area contributed by atoms with Crippen LogP contribution in [-0.2, 0) is 27.7 Å². The van der Waals surface area contributed by atoms with Crippen LogP contribution in [0.1, 0.15) is 37.9 Å². The van der Waals surface area contributed by atoms with E-state index in [-0.39, 0.29) is 23.9 Å². The van der Waals surface area contributed by atoms with Crippen LogP contribution in [0.3, 0.4) is 0 Å². The van der Waals surface area contributed by atoms with Crippen molar-refractivity contribution in [2.75, 3.05) is 26.2 Å². The molecule has 0 atom stereocenters. The summed E-state index contributed by atoms with van der Waals surface area (Å²) in [7, 11) is -3.76. The molecule has 1 amide bonds. The summed E-state index contributed by atoms with van der Waals surface area (Å²) in [5.74, 6) is 0.598.